The summed E-state index contributed by atoms with van der Waals surface area (Å²) in [4.78, 5) is 17.7. The summed E-state index contributed by atoms with van der Waals surface area (Å²) < 4.78 is 24.1. The molecule has 0 atom stereocenters. The van der Waals surface area contributed by atoms with Gasteiger partial charge in [0.05, 0.1) is 44.6 Å². The minimum Gasteiger partial charge on any atom is -0.497 e. The Morgan fingerprint density at radius 2 is 1.72 bits per heavy atom. The zero-order chi connectivity index (χ0) is 20.8. The van der Waals surface area contributed by atoms with Crippen LogP contribution in [0.1, 0.15) is 5.56 Å². The van der Waals surface area contributed by atoms with Gasteiger partial charge in [-0.3, -0.25) is 4.79 Å². The SMILES string of the molecule is COCCn1c(=NC(=O)Cc2ccc(OC)cc2OC)sc2cc(OC)ccc21. The van der Waals surface area contributed by atoms with E-state index in [4.69, 9.17) is 18.9 Å². The van der Waals surface area contributed by atoms with E-state index in [2.05, 4.69) is 4.99 Å². The lowest BCUT2D eigenvalue weighted by molar-refractivity contribution is -0.117. The van der Waals surface area contributed by atoms with Gasteiger partial charge in [-0.1, -0.05) is 17.4 Å². The number of amides is 1. The number of fused-ring (bicyclic) bond motifs is 1. The van der Waals surface area contributed by atoms with Crippen LogP contribution in [-0.2, 0) is 22.5 Å². The molecule has 1 heterocycles. The van der Waals surface area contributed by atoms with Gasteiger partial charge in [-0.15, -0.1) is 0 Å². The summed E-state index contributed by atoms with van der Waals surface area (Å²) in [5, 5.41) is 0. The van der Waals surface area contributed by atoms with Gasteiger partial charge in [0, 0.05) is 25.3 Å². The molecule has 8 heteroatoms. The number of benzene rings is 2. The highest BCUT2D eigenvalue weighted by Gasteiger charge is 2.12. The Labute approximate surface area is 173 Å². The van der Waals surface area contributed by atoms with Gasteiger partial charge < -0.3 is 23.5 Å². The monoisotopic (exact) mass is 416 g/mol. The summed E-state index contributed by atoms with van der Waals surface area (Å²) >= 11 is 1.45. The molecule has 0 N–H and O–H groups in total. The van der Waals surface area contributed by atoms with E-state index in [0.717, 1.165) is 21.5 Å². The van der Waals surface area contributed by atoms with Crippen LogP contribution >= 0.6 is 11.3 Å². The molecule has 1 aromatic heterocycles. The van der Waals surface area contributed by atoms with Gasteiger partial charge in [-0.05, 0) is 24.3 Å². The minimum atomic E-state index is -0.252. The third-order valence-electron chi connectivity index (χ3n) is 4.47. The van der Waals surface area contributed by atoms with Gasteiger partial charge in [-0.25, -0.2) is 0 Å². The average molecular weight is 416 g/mol. The van der Waals surface area contributed by atoms with Crippen molar-refractivity contribution in [2.45, 2.75) is 13.0 Å². The number of rotatable bonds is 8. The fraction of sp³-hybridized carbons (Fsp3) is 0.333. The quantitative estimate of drug-likeness (QED) is 0.564. The fourth-order valence-corrected chi connectivity index (χ4v) is 4.07. The first-order valence-corrected chi connectivity index (χ1v) is 9.86. The van der Waals surface area contributed by atoms with Gasteiger partial charge in [-0.2, -0.15) is 4.99 Å². The summed E-state index contributed by atoms with van der Waals surface area (Å²) in [6.07, 6.45) is 0.134. The molecule has 3 rings (SSSR count). The number of carbonyl (C=O) groups excluding carboxylic acids is 1. The number of ether oxygens (including phenoxy) is 4. The number of thiazole rings is 1. The first-order valence-electron chi connectivity index (χ1n) is 9.04. The molecule has 154 valence electrons. The first-order chi connectivity index (χ1) is 14.1. The standard InChI is InChI=1S/C21H24N2O5S/c1-25-10-9-23-17-8-7-16(27-3)13-19(17)29-21(23)22-20(24)11-14-5-6-15(26-2)12-18(14)28-4/h5-8,12-13H,9-11H2,1-4H3. The van der Waals surface area contributed by atoms with Crippen LogP contribution in [0.25, 0.3) is 10.2 Å². The Hall–Kier alpha value is -2.84. The predicted octanol–water partition coefficient (Wildman–Crippen LogP) is 3.05. The van der Waals surface area contributed by atoms with E-state index in [0.29, 0.717) is 29.5 Å². The molecule has 0 aliphatic heterocycles. The van der Waals surface area contributed by atoms with Crippen LogP contribution in [0.5, 0.6) is 17.2 Å². The van der Waals surface area contributed by atoms with Crippen molar-refractivity contribution in [2.24, 2.45) is 4.99 Å². The second-order valence-corrected chi connectivity index (χ2v) is 7.23. The maximum Gasteiger partial charge on any atom is 0.252 e. The van der Waals surface area contributed by atoms with Gasteiger partial charge >= 0.3 is 0 Å². The zero-order valence-corrected chi connectivity index (χ0v) is 17.7. The van der Waals surface area contributed by atoms with Gasteiger partial charge in [0.15, 0.2) is 4.80 Å². The molecule has 0 saturated heterocycles. The van der Waals surface area contributed by atoms with Gasteiger partial charge in [0.2, 0.25) is 0 Å². The molecule has 29 heavy (non-hydrogen) atoms. The molecular formula is C21H24N2O5S. The Morgan fingerprint density at radius 1 is 1.00 bits per heavy atom. The summed E-state index contributed by atoms with van der Waals surface area (Å²) in [7, 11) is 6.43. The van der Waals surface area contributed by atoms with Crippen LogP contribution in [0.2, 0.25) is 0 Å². The number of aromatic nitrogens is 1. The van der Waals surface area contributed by atoms with Crippen molar-refractivity contribution in [2.75, 3.05) is 35.0 Å². The summed E-state index contributed by atoms with van der Waals surface area (Å²) in [5.74, 6) is 1.78. The molecule has 0 radical (unpaired) electrons. The summed E-state index contributed by atoms with van der Waals surface area (Å²) in [6, 6.07) is 11.2. The summed E-state index contributed by atoms with van der Waals surface area (Å²) in [5.41, 5.74) is 1.75. The predicted molar refractivity (Wildman–Crippen MR) is 112 cm³/mol. The number of hydrogen-bond acceptors (Lipinski definition) is 6. The van der Waals surface area contributed by atoms with Crippen molar-refractivity contribution >= 4 is 27.5 Å². The Kier molecular flexibility index (Phi) is 6.90. The lowest BCUT2D eigenvalue weighted by atomic mass is 10.1. The number of methoxy groups -OCH3 is 4. The van der Waals surface area contributed by atoms with Crippen molar-refractivity contribution < 1.29 is 23.7 Å². The van der Waals surface area contributed by atoms with Crippen molar-refractivity contribution in [3.8, 4) is 17.2 Å². The summed E-state index contributed by atoms with van der Waals surface area (Å²) in [6.45, 7) is 1.12. The van der Waals surface area contributed by atoms with Crippen molar-refractivity contribution in [3.63, 3.8) is 0 Å². The molecule has 0 aliphatic rings. The van der Waals surface area contributed by atoms with E-state index in [9.17, 15) is 4.79 Å². The maximum atomic E-state index is 12.7. The third-order valence-corrected chi connectivity index (χ3v) is 5.51. The maximum absolute atomic E-state index is 12.7. The highest BCUT2D eigenvalue weighted by molar-refractivity contribution is 7.16. The van der Waals surface area contributed by atoms with Crippen molar-refractivity contribution in [1.82, 2.24) is 4.57 Å². The van der Waals surface area contributed by atoms with Crippen LogP contribution in [0.15, 0.2) is 41.4 Å². The fourth-order valence-electron chi connectivity index (χ4n) is 2.97. The van der Waals surface area contributed by atoms with Crippen LogP contribution in [-0.4, -0.2) is 45.5 Å². The lowest BCUT2D eigenvalue weighted by Gasteiger charge is -2.09. The topological polar surface area (TPSA) is 71.3 Å². The average Bonchev–Trinajstić information content (AvgIpc) is 3.08. The number of carbonyl (C=O) groups is 1. The number of hydrogen-bond donors (Lipinski definition) is 0. The van der Waals surface area contributed by atoms with E-state index in [1.54, 1.807) is 40.6 Å². The highest BCUT2D eigenvalue weighted by atomic mass is 32.1. The zero-order valence-electron chi connectivity index (χ0n) is 16.9. The third kappa shape index (κ3) is 4.78. The molecule has 7 nitrogen and oxygen atoms in total. The minimum absolute atomic E-state index is 0.134. The molecule has 0 spiro atoms. The van der Waals surface area contributed by atoms with E-state index >= 15 is 0 Å². The second kappa shape index (κ2) is 9.58. The molecule has 0 fully saturated rings. The molecule has 0 unspecified atom stereocenters. The van der Waals surface area contributed by atoms with E-state index in [-0.39, 0.29) is 12.3 Å². The smallest absolute Gasteiger partial charge is 0.252 e. The molecule has 0 saturated carbocycles. The van der Waals surface area contributed by atoms with Crippen LogP contribution in [0, 0.1) is 0 Å². The normalized spacial score (nSPS) is 11.7. The molecule has 3 aromatic rings. The van der Waals surface area contributed by atoms with E-state index < -0.39 is 0 Å². The van der Waals surface area contributed by atoms with Gasteiger partial charge in [0.25, 0.3) is 5.91 Å². The number of nitrogens with zero attached hydrogens (tertiary/aromatic N) is 2. The molecule has 2 aromatic carbocycles. The molecule has 0 aliphatic carbocycles. The van der Waals surface area contributed by atoms with Crippen molar-refractivity contribution in [1.29, 1.82) is 0 Å². The largest absolute Gasteiger partial charge is 0.497 e. The Bertz CT molecular complexity index is 1070. The van der Waals surface area contributed by atoms with Crippen LogP contribution in [0.4, 0.5) is 0 Å². The van der Waals surface area contributed by atoms with E-state index in [1.807, 2.05) is 28.8 Å². The highest BCUT2D eigenvalue weighted by Crippen LogP contribution is 2.26. The van der Waals surface area contributed by atoms with Crippen molar-refractivity contribution in [3.05, 3.63) is 46.8 Å². The first kappa shape index (κ1) is 20.9. The van der Waals surface area contributed by atoms with Crippen LogP contribution < -0.4 is 19.0 Å². The Morgan fingerprint density at radius 3 is 2.41 bits per heavy atom. The van der Waals surface area contributed by atoms with Gasteiger partial charge in [0.1, 0.15) is 17.2 Å². The molecule has 1 amide bonds. The Balaban J connectivity index is 1.97. The lowest BCUT2D eigenvalue weighted by Crippen LogP contribution is -2.19. The van der Waals surface area contributed by atoms with E-state index in [1.165, 1.54) is 11.3 Å². The van der Waals surface area contributed by atoms with Crippen LogP contribution in [0.3, 0.4) is 0 Å². The second-order valence-electron chi connectivity index (χ2n) is 6.22. The molecule has 0 bridgehead atoms. The molecular weight excluding hydrogens is 392 g/mol.